The van der Waals surface area contributed by atoms with Gasteiger partial charge in [-0.25, -0.2) is 0 Å². The van der Waals surface area contributed by atoms with E-state index in [0.29, 0.717) is 22.6 Å². The van der Waals surface area contributed by atoms with Crippen molar-refractivity contribution < 1.29 is 9.59 Å². The van der Waals surface area contributed by atoms with Crippen LogP contribution in [0.5, 0.6) is 0 Å². The van der Waals surface area contributed by atoms with Gasteiger partial charge in [0.2, 0.25) is 0 Å². The number of halogens is 1. The maximum atomic E-state index is 14.0. The maximum Gasteiger partial charge on any atom is 0.259 e. The van der Waals surface area contributed by atoms with Crippen LogP contribution in [0.15, 0.2) is 90.1 Å². The zero-order valence-corrected chi connectivity index (χ0v) is 19.4. The number of nitrogens with zero attached hydrogens (tertiary/aromatic N) is 1. The fourth-order valence-corrected chi connectivity index (χ4v) is 5.02. The molecule has 4 nitrogen and oxygen atoms in total. The van der Waals surface area contributed by atoms with Crippen molar-refractivity contribution in [1.82, 2.24) is 0 Å². The highest BCUT2D eigenvalue weighted by Gasteiger charge is 2.43. The fraction of sp³-hybridized carbons (Fsp3) is 0.214. The van der Waals surface area contributed by atoms with E-state index in [1.54, 1.807) is 4.90 Å². The summed E-state index contributed by atoms with van der Waals surface area (Å²) in [5.41, 5.74) is 4.34. The molecule has 1 aliphatic heterocycles. The number of hydrogen-bond donors (Lipinski definition) is 1. The van der Waals surface area contributed by atoms with Crippen LogP contribution >= 0.6 is 11.6 Å². The number of rotatable bonds is 2. The van der Waals surface area contributed by atoms with Gasteiger partial charge in [-0.3, -0.25) is 14.5 Å². The molecule has 0 fully saturated rings. The molecule has 2 aliphatic rings. The predicted octanol–water partition coefficient (Wildman–Crippen LogP) is 6.80. The van der Waals surface area contributed by atoms with Gasteiger partial charge in [-0.2, -0.15) is 0 Å². The van der Waals surface area contributed by atoms with Crippen molar-refractivity contribution in [3.8, 4) is 0 Å². The number of para-hydroxylation sites is 2. The van der Waals surface area contributed by atoms with Crippen LogP contribution in [0.4, 0.5) is 11.4 Å². The lowest BCUT2D eigenvalue weighted by Crippen LogP contribution is -2.39. The Morgan fingerprint density at radius 3 is 2.33 bits per heavy atom. The monoisotopic (exact) mass is 456 g/mol. The number of amides is 1. The zero-order valence-electron chi connectivity index (χ0n) is 18.6. The molecule has 166 valence electrons. The number of nitrogens with one attached hydrogen (secondary N) is 1. The Morgan fingerprint density at radius 2 is 1.61 bits per heavy atom. The van der Waals surface area contributed by atoms with Gasteiger partial charge in [0.15, 0.2) is 5.78 Å². The van der Waals surface area contributed by atoms with E-state index >= 15 is 0 Å². The third-order valence-corrected chi connectivity index (χ3v) is 6.58. The Kier molecular flexibility index (Phi) is 5.34. The number of fused-ring (bicyclic) bond motifs is 1. The van der Waals surface area contributed by atoms with E-state index in [1.807, 2.05) is 78.9 Å². The maximum absolute atomic E-state index is 14.0. The van der Waals surface area contributed by atoms with Crippen LogP contribution in [-0.2, 0) is 4.79 Å². The summed E-state index contributed by atoms with van der Waals surface area (Å²) in [6.07, 6.45) is 1.15. The minimum atomic E-state index is -0.565. The second kappa shape index (κ2) is 8.20. The number of Topliss-reactive ketones (excluding diaryl/α,β-unsaturated/α-hetero) is 1. The second-order valence-electron chi connectivity index (χ2n) is 9.47. The number of hydrogen-bond acceptors (Lipinski definition) is 3. The molecule has 1 amide bonds. The van der Waals surface area contributed by atoms with Gasteiger partial charge >= 0.3 is 0 Å². The molecular weight excluding hydrogens is 432 g/mol. The average Bonchev–Trinajstić information content (AvgIpc) is 2.93. The highest BCUT2D eigenvalue weighted by atomic mass is 35.5. The van der Waals surface area contributed by atoms with E-state index in [-0.39, 0.29) is 17.1 Å². The summed E-state index contributed by atoms with van der Waals surface area (Å²) >= 11 is 6.19. The first-order valence-electron chi connectivity index (χ1n) is 11.1. The van der Waals surface area contributed by atoms with E-state index in [9.17, 15) is 9.59 Å². The first kappa shape index (κ1) is 21.5. The smallest absolute Gasteiger partial charge is 0.259 e. The summed E-state index contributed by atoms with van der Waals surface area (Å²) in [7, 11) is 0. The summed E-state index contributed by atoms with van der Waals surface area (Å²) in [4.78, 5) is 29.4. The Morgan fingerprint density at radius 1 is 0.939 bits per heavy atom. The molecule has 0 saturated heterocycles. The molecule has 1 atom stereocenters. The van der Waals surface area contributed by atoms with Gasteiger partial charge < -0.3 is 5.32 Å². The topological polar surface area (TPSA) is 49.4 Å². The van der Waals surface area contributed by atoms with Crippen molar-refractivity contribution in [2.24, 2.45) is 5.41 Å². The summed E-state index contributed by atoms with van der Waals surface area (Å²) in [6, 6.07) is 23.8. The van der Waals surface area contributed by atoms with Gasteiger partial charge in [0.1, 0.15) is 0 Å². The van der Waals surface area contributed by atoms with Gasteiger partial charge in [0, 0.05) is 28.3 Å². The average molecular weight is 457 g/mol. The normalized spacial score (nSPS) is 19.3. The van der Waals surface area contributed by atoms with E-state index in [2.05, 4.69) is 19.2 Å². The minimum absolute atomic E-state index is 0.0624. The molecule has 3 aromatic rings. The molecule has 1 N–H and O–H groups in total. The lowest BCUT2D eigenvalue weighted by atomic mass is 9.73. The first-order chi connectivity index (χ1) is 15.8. The van der Waals surface area contributed by atoms with Crippen LogP contribution in [0.1, 0.15) is 48.7 Å². The van der Waals surface area contributed by atoms with Crippen molar-refractivity contribution in [3.05, 3.63) is 106 Å². The molecule has 0 radical (unpaired) electrons. The number of anilines is 2. The largest absolute Gasteiger partial charge is 0.357 e. The Bertz CT molecular complexity index is 1260. The third kappa shape index (κ3) is 3.96. The Balaban J connectivity index is 1.79. The molecule has 1 heterocycles. The summed E-state index contributed by atoms with van der Waals surface area (Å²) in [5.74, 6) is -0.0939. The molecule has 0 spiro atoms. The van der Waals surface area contributed by atoms with Crippen molar-refractivity contribution in [1.29, 1.82) is 0 Å². The molecule has 0 bridgehead atoms. The quantitative estimate of drug-likeness (QED) is 0.461. The Labute approximate surface area is 198 Å². The Hall–Kier alpha value is -3.37. The SMILES string of the molecule is CC1(C)CC(=O)C2=C(C1)Nc1ccccc1N(C(=O)c1ccccc1)[C@H]2c1ccc(Cl)cc1. The van der Waals surface area contributed by atoms with Gasteiger partial charge in [0.05, 0.1) is 17.4 Å². The third-order valence-electron chi connectivity index (χ3n) is 6.33. The van der Waals surface area contributed by atoms with Crippen LogP contribution in [-0.4, -0.2) is 11.7 Å². The van der Waals surface area contributed by atoms with Gasteiger partial charge in [-0.05, 0) is 53.8 Å². The van der Waals surface area contributed by atoms with Crippen LogP contribution in [0.2, 0.25) is 5.02 Å². The molecule has 3 aromatic carbocycles. The number of allylic oxidation sites excluding steroid dienone is 1. The summed E-state index contributed by atoms with van der Waals surface area (Å²) < 4.78 is 0. The number of ketones is 1. The van der Waals surface area contributed by atoms with E-state index in [0.717, 1.165) is 29.1 Å². The minimum Gasteiger partial charge on any atom is -0.357 e. The van der Waals surface area contributed by atoms with Crippen molar-refractivity contribution in [2.45, 2.75) is 32.7 Å². The summed E-state index contributed by atoms with van der Waals surface area (Å²) in [6.45, 7) is 4.22. The van der Waals surface area contributed by atoms with Crippen molar-refractivity contribution in [3.63, 3.8) is 0 Å². The second-order valence-corrected chi connectivity index (χ2v) is 9.91. The van der Waals surface area contributed by atoms with Crippen LogP contribution in [0.25, 0.3) is 0 Å². The van der Waals surface area contributed by atoms with E-state index in [1.165, 1.54) is 0 Å². The number of carbonyl (C=O) groups excluding carboxylic acids is 2. The lowest BCUT2D eigenvalue weighted by Gasteiger charge is -2.37. The van der Waals surface area contributed by atoms with Crippen molar-refractivity contribution in [2.75, 3.05) is 10.2 Å². The fourth-order valence-electron chi connectivity index (χ4n) is 4.89. The molecular formula is C28H25ClN2O2. The van der Waals surface area contributed by atoms with E-state index < -0.39 is 6.04 Å². The number of benzene rings is 3. The molecule has 1 aliphatic carbocycles. The predicted molar refractivity (Wildman–Crippen MR) is 133 cm³/mol. The highest BCUT2D eigenvalue weighted by Crippen LogP contribution is 2.48. The zero-order chi connectivity index (χ0) is 23.2. The number of carbonyl (C=O) groups is 2. The summed E-state index contributed by atoms with van der Waals surface area (Å²) in [5, 5.41) is 4.14. The molecule has 0 aromatic heterocycles. The van der Waals surface area contributed by atoms with Gasteiger partial charge in [0.25, 0.3) is 5.91 Å². The van der Waals surface area contributed by atoms with Gasteiger partial charge in [-0.15, -0.1) is 0 Å². The lowest BCUT2D eigenvalue weighted by molar-refractivity contribution is -0.118. The van der Waals surface area contributed by atoms with Crippen molar-refractivity contribution >= 4 is 34.7 Å². The highest BCUT2D eigenvalue weighted by molar-refractivity contribution is 6.30. The molecule has 5 rings (SSSR count). The molecule has 0 unspecified atom stereocenters. The van der Waals surface area contributed by atoms with E-state index in [4.69, 9.17) is 11.6 Å². The van der Waals surface area contributed by atoms with Crippen LogP contribution in [0.3, 0.4) is 0 Å². The molecule has 5 heteroatoms. The molecule has 0 saturated carbocycles. The standard InChI is InChI=1S/C28H25ClN2O2/c1-28(2)16-22-25(24(32)17-28)26(18-12-14-20(29)15-13-18)31(23-11-7-6-10-21(23)30-22)27(33)19-8-4-3-5-9-19/h3-15,26,30H,16-17H2,1-2H3/t26-/m0/s1. The van der Waals surface area contributed by atoms with Crippen LogP contribution < -0.4 is 10.2 Å². The molecule has 33 heavy (non-hydrogen) atoms. The van der Waals surface area contributed by atoms with Gasteiger partial charge in [-0.1, -0.05) is 67.9 Å². The van der Waals surface area contributed by atoms with Crippen LogP contribution in [0, 0.1) is 5.41 Å². The first-order valence-corrected chi connectivity index (χ1v) is 11.5.